The van der Waals surface area contributed by atoms with Crippen molar-refractivity contribution in [3.05, 3.63) is 66.1 Å². The van der Waals surface area contributed by atoms with Crippen LogP contribution in [0.5, 0.6) is 5.75 Å². The molecule has 0 atom stereocenters. The van der Waals surface area contributed by atoms with Gasteiger partial charge in [-0.25, -0.2) is 0 Å². The van der Waals surface area contributed by atoms with Gasteiger partial charge in [-0.3, -0.25) is 4.79 Å². The summed E-state index contributed by atoms with van der Waals surface area (Å²) in [6, 6.07) is 16.7. The van der Waals surface area contributed by atoms with E-state index in [2.05, 4.69) is 10.1 Å². The summed E-state index contributed by atoms with van der Waals surface area (Å²) < 4.78 is 10.8. The van der Waals surface area contributed by atoms with E-state index in [1.807, 2.05) is 49.4 Å². The fourth-order valence-electron chi connectivity index (χ4n) is 2.43. The molecule has 0 aliphatic rings. The number of carbonyl (C=O) groups is 1. The zero-order valence-corrected chi connectivity index (χ0v) is 14.2. The molecule has 128 valence electrons. The summed E-state index contributed by atoms with van der Waals surface area (Å²) >= 11 is 0. The molecule has 1 heterocycles. The van der Waals surface area contributed by atoms with Gasteiger partial charge in [-0.15, -0.1) is 0 Å². The maximum atomic E-state index is 12.7. The van der Waals surface area contributed by atoms with E-state index in [0.29, 0.717) is 29.6 Å². The highest BCUT2D eigenvalue weighted by Crippen LogP contribution is 2.21. The largest absolute Gasteiger partial charge is 0.493 e. The predicted molar refractivity (Wildman–Crippen MR) is 93.1 cm³/mol. The molecule has 0 spiro atoms. The van der Waals surface area contributed by atoms with Gasteiger partial charge in [-0.05, 0) is 19.1 Å². The van der Waals surface area contributed by atoms with Crippen LogP contribution < -0.4 is 4.74 Å². The number of rotatable bonds is 6. The number of hydrogen-bond acceptors (Lipinski definition) is 5. The SMILES string of the molecule is CCOc1ccccc1C(=O)N(C)Cc1nc(-c2ccccc2)no1. The van der Waals surface area contributed by atoms with Gasteiger partial charge in [0.15, 0.2) is 0 Å². The number of carbonyl (C=O) groups excluding carboxylic acids is 1. The number of nitrogens with zero attached hydrogens (tertiary/aromatic N) is 3. The van der Waals surface area contributed by atoms with Crippen molar-refractivity contribution in [2.24, 2.45) is 0 Å². The van der Waals surface area contributed by atoms with Gasteiger partial charge >= 0.3 is 0 Å². The Labute approximate surface area is 146 Å². The molecule has 6 nitrogen and oxygen atoms in total. The molecule has 0 saturated heterocycles. The van der Waals surface area contributed by atoms with Crippen LogP contribution in [0.15, 0.2) is 59.1 Å². The zero-order chi connectivity index (χ0) is 17.6. The average Bonchev–Trinajstić information content (AvgIpc) is 3.11. The summed E-state index contributed by atoms with van der Waals surface area (Å²) in [5.41, 5.74) is 1.38. The van der Waals surface area contributed by atoms with Gasteiger partial charge in [0, 0.05) is 12.6 Å². The third-order valence-corrected chi connectivity index (χ3v) is 3.64. The minimum absolute atomic E-state index is 0.163. The molecule has 1 aromatic heterocycles. The molecule has 0 bridgehead atoms. The Hall–Kier alpha value is -3.15. The van der Waals surface area contributed by atoms with Crippen molar-refractivity contribution in [3.63, 3.8) is 0 Å². The van der Waals surface area contributed by atoms with E-state index in [0.717, 1.165) is 5.56 Å². The average molecular weight is 337 g/mol. The lowest BCUT2D eigenvalue weighted by atomic mass is 10.2. The molecule has 6 heteroatoms. The highest BCUT2D eigenvalue weighted by Gasteiger charge is 2.19. The standard InChI is InChI=1S/C19H19N3O3/c1-3-24-16-12-8-7-11-15(16)19(23)22(2)13-17-20-18(21-25-17)14-9-5-4-6-10-14/h4-12H,3,13H2,1-2H3. The molecule has 0 aliphatic heterocycles. The van der Waals surface area contributed by atoms with Crippen molar-refractivity contribution in [2.75, 3.05) is 13.7 Å². The Kier molecular flexibility index (Phi) is 5.09. The Bertz CT molecular complexity index is 846. The van der Waals surface area contributed by atoms with Gasteiger partial charge in [-0.2, -0.15) is 4.98 Å². The highest BCUT2D eigenvalue weighted by molar-refractivity contribution is 5.96. The molecule has 0 radical (unpaired) electrons. The predicted octanol–water partition coefficient (Wildman–Crippen LogP) is 3.41. The molecule has 25 heavy (non-hydrogen) atoms. The van der Waals surface area contributed by atoms with E-state index >= 15 is 0 Å². The second-order valence-electron chi connectivity index (χ2n) is 5.47. The van der Waals surface area contributed by atoms with Crippen LogP contribution in [0.2, 0.25) is 0 Å². The first kappa shape index (κ1) is 16.7. The molecule has 0 aliphatic carbocycles. The van der Waals surface area contributed by atoms with Crippen LogP contribution in [-0.4, -0.2) is 34.6 Å². The van der Waals surface area contributed by atoms with Crippen LogP contribution in [0.3, 0.4) is 0 Å². The van der Waals surface area contributed by atoms with E-state index < -0.39 is 0 Å². The van der Waals surface area contributed by atoms with Gasteiger partial charge in [0.05, 0.1) is 12.2 Å². The Morgan fingerprint density at radius 3 is 2.60 bits per heavy atom. The second-order valence-corrected chi connectivity index (χ2v) is 5.47. The zero-order valence-electron chi connectivity index (χ0n) is 14.2. The number of amides is 1. The monoisotopic (exact) mass is 337 g/mol. The van der Waals surface area contributed by atoms with E-state index in [1.165, 1.54) is 4.90 Å². The van der Waals surface area contributed by atoms with Crippen molar-refractivity contribution < 1.29 is 14.1 Å². The molecule has 1 amide bonds. The maximum Gasteiger partial charge on any atom is 0.257 e. The first-order valence-corrected chi connectivity index (χ1v) is 8.04. The fraction of sp³-hybridized carbons (Fsp3) is 0.211. The molecule has 0 saturated carbocycles. The maximum absolute atomic E-state index is 12.7. The number of aromatic nitrogens is 2. The summed E-state index contributed by atoms with van der Waals surface area (Å²) in [5.74, 6) is 1.29. The molecule has 0 unspecified atom stereocenters. The van der Waals surface area contributed by atoms with Crippen LogP contribution in [-0.2, 0) is 6.54 Å². The summed E-state index contributed by atoms with van der Waals surface area (Å²) in [5, 5.41) is 3.97. The van der Waals surface area contributed by atoms with Crippen molar-refractivity contribution in [2.45, 2.75) is 13.5 Å². The van der Waals surface area contributed by atoms with Gasteiger partial charge < -0.3 is 14.2 Å². The number of ether oxygens (including phenoxy) is 1. The first-order chi connectivity index (χ1) is 12.2. The minimum atomic E-state index is -0.163. The van der Waals surface area contributed by atoms with Crippen LogP contribution in [0.1, 0.15) is 23.2 Å². The Morgan fingerprint density at radius 2 is 1.84 bits per heavy atom. The third kappa shape index (κ3) is 3.85. The minimum Gasteiger partial charge on any atom is -0.493 e. The highest BCUT2D eigenvalue weighted by atomic mass is 16.5. The smallest absolute Gasteiger partial charge is 0.257 e. The summed E-state index contributed by atoms with van der Waals surface area (Å²) in [4.78, 5) is 18.6. The van der Waals surface area contributed by atoms with E-state index in [9.17, 15) is 4.79 Å². The number of para-hydroxylation sites is 1. The molecular weight excluding hydrogens is 318 g/mol. The topological polar surface area (TPSA) is 68.5 Å². The van der Waals surface area contributed by atoms with Gasteiger partial charge in [0.25, 0.3) is 5.91 Å². The Morgan fingerprint density at radius 1 is 1.12 bits per heavy atom. The molecule has 3 aromatic rings. The lowest BCUT2D eigenvalue weighted by Crippen LogP contribution is -2.26. The van der Waals surface area contributed by atoms with Gasteiger partial charge in [0.2, 0.25) is 11.7 Å². The van der Waals surface area contributed by atoms with Crippen molar-refractivity contribution in [3.8, 4) is 17.1 Å². The van der Waals surface area contributed by atoms with Crippen LogP contribution in [0, 0.1) is 0 Å². The molecular formula is C19H19N3O3. The number of hydrogen-bond donors (Lipinski definition) is 0. The quantitative estimate of drug-likeness (QED) is 0.689. The van der Waals surface area contributed by atoms with Crippen LogP contribution in [0.4, 0.5) is 0 Å². The van der Waals surface area contributed by atoms with E-state index in [4.69, 9.17) is 9.26 Å². The lowest BCUT2D eigenvalue weighted by molar-refractivity contribution is 0.0765. The summed E-state index contributed by atoms with van der Waals surface area (Å²) in [6.45, 7) is 2.60. The van der Waals surface area contributed by atoms with Crippen LogP contribution in [0.25, 0.3) is 11.4 Å². The second kappa shape index (κ2) is 7.61. The van der Waals surface area contributed by atoms with Gasteiger partial charge in [-0.1, -0.05) is 47.6 Å². The van der Waals surface area contributed by atoms with Crippen LogP contribution >= 0.6 is 0 Å². The first-order valence-electron chi connectivity index (χ1n) is 8.04. The fourth-order valence-corrected chi connectivity index (χ4v) is 2.43. The van der Waals surface area contributed by atoms with E-state index in [1.54, 1.807) is 19.2 Å². The normalized spacial score (nSPS) is 10.5. The molecule has 3 rings (SSSR count). The van der Waals surface area contributed by atoms with E-state index in [-0.39, 0.29) is 12.5 Å². The molecule has 0 N–H and O–H groups in total. The van der Waals surface area contributed by atoms with Gasteiger partial charge in [0.1, 0.15) is 12.3 Å². The number of benzene rings is 2. The lowest BCUT2D eigenvalue weighted by Gasteiger charge is -2.17. The Balaban J connectivity index is 1.73. The summed E-state index contributed by atoms with van der Waals surface area (Å²) in [7, 11) is 1.69. The summed E-state index contributed by atoms with van der Waals surface area (Å²) in [6.07, 6.45) is 0. The molecule has 0 fully saturated rings. The van der Waals surface area contributed by atoms with Crippen molar-refractivity contribution >= 4 is 5.91 Å². The van der Waals surface area contributed by atoms with Crippen molar-refractivity contribution in [1.82, 2.24) is 15.0 Å². The molecule has 2 aromatic carbocycles. The van der Waals surface area contributed by atoms with Crippen molar-refractivity contribution in [1.29, 1.82) is 0 Å². The third-order valence-electron chi connectivity index (χ3n) is 3.64.